The molecule has 0 saturated heterocycles. The first-order chi connectivity index (χ1) is 13.1. The Morgan fingerprint density at radius 3 is 2.70 bits per heavy atom. The summed E-state index contributed by atoms with van der Waals surface area (Å²) in [5, 5.41) is 1.03. The van der Waals surface area contributed by atoms with Gasteiger partial charge in [-0.25, -0.2) is 4.79 Å². The lowest BCUT2D eigenvalue weighted by atomic mass is 10.0. The first-order valence-corrected chi connectivity index (χ1v) is 9.63. The molecule has 0 amide bonds. The van der Waals surface area contributed by atoms with Crippen molar-refractivity contribution in [2.24, 2.45) is 0 Å². The Bertz CT molecular complexity index is 1000. The Balaban J connectivity index is 1.67. The van der Waals surface area contributed by atoms with Crippen LogP contribution in [0.4, 0.5) is 0 Å². The highest BCUT2D eigenvalue weighted by Gasteiger charge is 2.22. The maximum absolute atomic E-state index is 12.1. The minimum atomic E-state index is -0.280. The van der Waals surface area contributed by atoms with Crippen molar-refractivity contribution in [3.63, 3.8) is 0 Å². The molecule has 0 fully saturated rings. The third kappa shape index (κ3) is 3.76. The maximum atomic E-state index is 12.1. The van der Waals surface area contributed by atoms with E-state index in [1.165, 1.54) is 11.1 Å². The molecule has 0 bridgehead atoms. The lowest BCUT2D eigenvalue weighted by Crippen LogP contribution is -2.31. The average molecular weight is 363 g/mol. The van der Waals surface area contributed by atoms with Crippen LogP contribution in [0.25, 0.3) is 11.0 Å². The summed E-state index contributed by atoms with van der Waals surface area (Å²) in [6, 6.07) is 14.2. The lowest BCUT2D eigenvalue weighted by molar-refractivity contribution is 0.0889. The molecular weight excluding hydrogens is 338 g/mol. The third-order valence-electron chi connectivity index (χ3n) is 5.17. The molecule has 0 atom stereocenters. The summed E-state index contributed by atoms with van der Waals surface area (Å²) in [6.07, 6.45) is 3.05. The van der Waals surface area contributed by atoms with E-state index in [1.54, 1.807) is 6.07 Å². The van der Waals surface area contributed by atoms with Crippen LogP contribution in [0.15, 0.2) is 51.7 Å². The van der Waals surface area contributed by atoms with Gasteiger partial charge in [-0.15, -0.1) is 0 Å². The summed E-state index contributed by atoms with van der Waals surface area (Å²) in [7, 11) is 0. The van der Waals surface area contributed by atoms with Crippen LogP contribution in [-0.4, -0.2) is 11.6 Å². The average Bonchev–Trinajstić information content (AvgIpc) is 2.67. The fourth-order valence-corrected chi connectivity index (χ4v) is 3.67. The van der Waals surface area contributed by atoms with Crippen molar-refractivity contribution in [1.29, 1.82) is 0 Å². The number of benzene rings is 2. The third-order valence-corrected chi connectivity index (χ3v) is 5.17. The van der Waals surface area contributed by atoms with Gasteiger partial charge in [-0.3, -0.25) is 4.90 Å². The highest BCUT2D eigenvalue weighted by atomic mass is 16.5. The van der Waals surface area contributed by atoms with E-state index in [0.717, 1.165) is 48.1 Å². The number of hydrogen-bond donors (Lipinski definition) is 0. The first-order valence-electron chi connectivity index (χ1n) is 9.63. The van der Waals surface area contributed by atoms with Crippen molar-refractivity contribution in [1.82, 2.24) is 4.90 Å². The van der Waals surface area contributed by atoms with Gasteiger partial charge in [0, 0.05) is 24.5 Å². The summed E-state index contributed by atoms with van der Waals surface area (Å²) in [4.78, 5) is 14.4. The number of rotatable bonds is 5. The van der Waals surface area contributed by atoms with E-state index >= 15 is 0 Å². The molecule has 0 saturated carbocycles. The standard InChI is InChI=1S/C23H25NO3/c1-3-4-5-18-12-22(25)27-23-19(18)10-11-21-20(23)14-24(15-26-21)13-17-8-6-16(2)7-9-17/h6-12H,3-5,13-15H2,1-2H3. The highest BCUT2D eigenvalue weighted by molar-refractivity contribution is 5.85. The molecule has 0 radical (unpaired) electrons. The van der Waals surface area contributed by atoms with Crippen molar-refractivity contribution < 1.29 is 9.15 Å². The quantitative estimate of drug-likeness (QED) is 0.611. The molecule has 0 aliphatic carbocycles. The lowest BCUT2D eigenvalue weighted by Gasteiger charge is -2.29. The predicted octanol–water partition coefficient (Wildman–Crippen LogP) is 4.80. The van der Waals surface area contributed by atoms with E-state index in [2.05, 4.69) is 43.0 Å². The summed E-state index contributed by atoms with van der Waals surface area (Å²) in [5.41, 5.74) is 4.95. The smallest absolute Gasteiger partial charge is 0.336 e. The molecule has 140 valence electrons. The Kier molecular flexibility index (Phi) is 4.99. The Morgan fingerprint density at radius 1 is 1.11 bits per heavy atom. The molecule has 4 nitrogen and oxygen atoms in total. The number of fused-ring (bicyclic) bond motifs is 3. The molecule has 0 unspecified atom stereocenters. The summed E-state index contributed by atoms with van der Waals surface area (Å²) < 4.78 is 11.6. The van der Waals surface area contributed by atoms with Gasteiger partial charge in [0.15, 0.2) is 0 Å². The minimum Gasteiger partial charge on any atom is -0.478 e. The largest absolute Gasteiger partial charge is 0.478 e. The van der Waals surface area contributed by atoms with Crippen LogP contribution in [0, 0.1) is 6.92 Å². The van der Waals surface area contributed by atoms with Crippen molar-refractivity contribution in [2.45, 2.75) is 46.2 Å². The topological polar surface area (TPSA) is 42.7 Å². The zero-order chi connectivity index (χ0) is 18.8. The number of nitrogens with zero attached hydrogens (tertiary/aromatic N) is 1. The molecule has 0 spiro atoms. The summed E-state index contributed by atoms with van der Waals surface area (Å²) in [5.74, 6) is 0.818. The van der Waals surface area contributed by atoms with Crippen LogP contribution in [0.1, 0.15) is 42.0 Å². The van der Waals surface area contributed by atoms with Crippen molar-refractivity contribution in [2.75, 3.05) is 6.73 Å². The second kappa shape index (κ2) is 7.57. The number of hydrogen-bond acceptors (Lipinski definition) is 4. The van der Waals surface area contributed by atoms with Crippen LogP contribution in [0.2, 0.25) is 0 Å². The second-order valence-electron chi connectivity index (χ2n) is 7.36. The van der Waals surface area contributed by atoms with Gasteiger partial charge in [-0.1, -0.05) is 43.2 Å². The van der Waals surface area contributed by atoms with Gasteiger partial charge >= 0.3 is 5.63 Å². The van der Waals surface area contributed by atoms with Gasteiger partial charge in [0.25, 0.3) is 0 Å². The van der Waals surface area contributed by atoms with Gasteiger partial charge < -0.3 is 9.15 Å². The van der Waals surface area contributed by atoms with E-state index in [4.69, 9.17) is 9.15 Å². The monoisotopic (exact) mass is 363 g/mol. The number of unbranched alkanes of at least 4 members (excludes halogenated alkanes) is 1. The van der Waals surface area contributed by atoms with Gasteiger partial charge in [0.1, 0.15) is 18.1 Å². The molecule has 1 aliphatic rings. The molecule has 2 aromatic carbocycles. The van der Waals surface area contributed by atoms with Crippen LogP contribution < -0.4 is 10.4 Å². The van der Waals surface area contributed by atoms with Gasteiger partial charge in [-0.2, -0.15) is 0 Å². The molecule has 2 heterocycles. The summed E-state index contributed by atoms with van der Waals surface area (Å²) >= 11 is 0. The van der Waals surface area contributed by atoms with E-state index in [0.29, 0.717) is 18.9 Å². The normalized spacial score (nSPS) is 14.1. The SMILES string of the molecule is CCCCc1cc(=O)oc2c3c(ccc12)OCN(Cc1ccc(C)cc1)C3. The molecule has 0 N–H and O–H groups in total. The van der Waals surface area contributed by atoms with Crippen molar-refractivity contribution in [3.05, 3.63) is 75.1 Å². The van der Waals surface area contributed by atoms with Crippen molar-refractivity contribution in [3.8, 4) is 5.75 Å². The van der Waals surface area contributed by atoms with Crippen molar-refractivity contribution >= 4 is 11.0 Å². The fraction of sp³-hybridized carbons (Fsp3) is 0.348. The van der Waals surface area contributed by atoms with Crippen LogP contribution >= 0.6 is 0 Å². The van der Waals surface area contributed by atoms with Crippen LogP contribution in [0.5, 0.6) is 5.75 Å². The molecule has 4 rings (SSSR count). The summed E-state index contributed by atoms with van der Waals surface area (Å²) in [6.45, 7) is 6.29. The Morgan fingerprint density at radius 2 is 1.93 bits per heavy atom. The van der Waals surface area contributed by atoms with E-state index in [1.807, 2.05) is 12.1 Å². The zero-order valence-electron chi connectivity index (χ0n) is 16.0. The van der Waals surface area contributed by atoms with Crippen LogP contribution in [-0.2, 0) is 19.5 Å². The second-order valence-corrected chi connectivity index (χ2v) is 7.36. The first kappa shape index (κ1) is 17.8. The maximum Gasteiger partial charge on any atom is 0.336 e. The molecule has 1 aromatic heterocycles. The minimum absolute atomic E-state index is 0.280. The molecule has 3 aromatic rings. The van der Waals surface area contributed by atoms with E-state index in [-0.39, 0.29) is 5.63 Å². The Hall–Kier alpha value is -2.59. The highest BCUT2D eigenvalue weighted by Crippen LogP contribution is 2.33. The van der Waals surface area contributed by atoms with Gasteiger partial charge in [0.05, 0.1) is 5.56 Å². The van der Waals surface area contributed by atoms with Gasteiger partial charge in [0.2, 0.25) is 0 Å². The zero-order valence-corrected chi connectivity index (χ0v) is 16.0. The fourth-order valence-electron chi connectivity index (χ4n) is 3.67. The van der Waals surface area contributed by atoms with Crippen LogP contribution in [0.3, 0.4) is 0 Å². The van der Waals surface area contributed by atoms with E-state index in [9.17, 15) is 4.79 Å². The van der Waals surface area contributed by atoms with E-state index < -0.39 is 0 Å². The molecular formula is C23H25NO3. The predicted molar refractivity (Wildman–Crippen MR) is 107 cm³/mol. The number of aryl methyl sites for hydroxylation is 2. The Labute approximate surface area is 159 Å². The molecule has 4 heteroatoms. The van der Waals surface area contributed by atoms with Gasteiger partial charge in [-0.05, 0) is 43.0 Å². The molecule has 1 aliphatic heterocycles. The molecule has 27 heavy (non-hydrogen) atoms. The number of ether oxygens (including phenoxy) is 1.